The monoisotopic (exact) mass is 272 g/mol. The van der Waals surface area contributed by atoms with E-state index >= 15 is 0 Å². The van der Waals surface area contributed by atoms with E-state index in [4.69, 9.17) is 11.0 Å². The van der Waals surface area contributed by atoms with Gasteiger partial charge in [0.1, 0.15) is 11.9 Å². The van der Waals surface area contributed by atoms with Crippen molar-refractivity contribution in [3.05, 3.63) is 18.1 Å². The maximum atomic E-state index is 8.74. The van der Waals surface area contributed by atoms with Gasteiger partial charge in [0.25, 0.3) is 0 Å². The summed E-state index contributed by atoms with van der Waals surface area (Å²) in [5.41, 5.74) is 6.33. The number of aromatic nitrogens is 2. The molecule has 0 spiro atoms. The summed E-state index contributed by atoms with van der Waals surface area (Å²) in [6.07, 6.45) is 6.62. The van der Waals surface area contributed by atoms with Gasteiger partial charge in [-0.15, -0.1) is 0 Å². The Morgan fingerprint density at radius 2 is 1.95 bits per heavy atom. The van der Waals surface area contributed by atoms with E-state index in [1.807, 2.05) is 6.07 Å². The zero-order valence-corrected chi connectivity index (χ0v) is 11.6. The first kappa shape index (κ1) is 13.3. The highest BCUT2D eigenvalue weighted by atomic mass is 15.3. The van der Waals surface area contributed by atoms with Gasteiger partial charge < -0.3 is 10.6 Å². The van der Waals surface area contributed by atoms with Crippen LogP contribution in [0, 0.1) is 11.3 Å². The first-order valence-corrected chi connectivity index (χ1v) is 7.23. The molecule has 0 aromatic carbocycles. The fraction of sp³-hybridized carbons (Fsp3) is 0.643. The van der Waals surface area contributed by atoms with Crippen molar-refractivity contribution >= 4 is 5.82 Å². The Morgan fingerprint density at radius 3 is 2.60 bits per heavy atom. The van der Waals surface area contributed by atoms with Gasteiger partial charge in [-0.25, -0.2) is 9.97 Å². The van der Waals surface area contributed by atoms with Gasteiger partial charge in [0.05, 0.1) is 12.4 Å². The van der Waals surface area contributed by atoms with E-state index in [0.29, 0.717) is 17.8 Å². The second kappa shape index (κ2) is 5.73. The predicted molar refractivity (Wildman–Crippen MR) is 76.1 cm³/mol. The standard InChI is InChI=1S/C14H20N6/c15-7-12-8-18-14(9-17-12)20-6-3-13(10-20)19-4-1-11(16)2-5-19/h8-9,11,13H,1-6,10,16H2. The van der Waals surface area contributed by atoms with Crippen LogP contribution in [0.2, 0.25) is 0 Å². The van der Waals surface area contributed by atoms with E-state index in [1.54, 1.807) is 12.4 Å². The Hall–Kier alpha value is -1.71. The lowest BCUT2D eigenvalue weighted by atomic mass is 10.0. The molecule has 1 aromatic rings. The largest absolute Gasteiger partial charge is 0.354 e. The van der Waals surface area contributed by atoms with Crippen LogP contribution in [0.4, 0.5) is 5.82 Å². The third-order valence-electron chi connectivity index (χ3n) is 4.33. The van der Waals surface area contributed by atoms with Crippen LogP contribution >= 0.6 is 0 Å². The van der Waals surface area contributed by atoms with Crippen molar-refractivity contribution in [1.82, 2.24) is 14.9 Å². The summed E-state index contributed by atoms with van der Waals surface area (Å²) >= 11 is 0. The summed E-state index contributed by atoms with van der Waals surface area (Å²) < 4.78 is 0. The van der Waals surface area contributed by atoms with Gasteiger partial charge in [0, 0.05) is 25.2 Å². The molecule has 20 heavy (non-hydrogen) atoms. The van der Waals surface area contributed by atoms with Gasteiger partial charge in [-0.2, -0.15) is 5.26 Å². The van der Waals surface area contributed by atoms with Crippen LogP contribution in [0.25, 0.3) is 0 Å². The van der Waals surface area contributed by atoms with Gasteiger partial charge in [0.15, 0.2) is 5.69 Å². The Labute approximate surface area is 119 Å². The van der Waals surface area contributed by atoms with E-state index in [-0.39, 0.29) is 0 Å². The summed E-state index contributed by atoms with van der Waals surface area (Å²) in [7, 11) is 0. The second-order valence-corrected chi connectivity index (χ2v) is 5.63. The molecule has 0 aliphatic carbocycles. The van der Waals surface area contributed by atoms with Crippen molar-refractivity contribution in [2.75, 3.05) is 31.1 Å². The van der Waals surface area contributed by atoms with E-state index in [2.05, 4.69) is 19.8 Å². The molecule has 2 aliphatic heterocycles. The molecule has 0 amide bonds. The van der Waals surface area contributed by atoms with Crippen LogP contribution in [0.1, 0.15) is 25.0 Å². The molecule has 1 unspecified atom stereocenters. The van der Waals surface area contributed by atoms with Gasteiger partial charge in [-0.05, 0) is 32.4 Å². The SMILES string of the molecule is N#Cc1cnc(N2CCC(N3CCC(N)CC3)C2)cn1. The smallest absolute Gasteiger partial charge is 0.158 e. The molecule has 3 rings (SSSR count). The van der Waals surface area contributed by atoms with Gasteiger partial charge in [-0.3, -0.25) is 4.90 Å². The molecule has 6 heteroatoms. The van der Waals surface area contributed by atoms with Crippen molar-refractivity contribution in [3.63, 3.8) is 0 Å². The van der Waals surface area contributed by atoms with Crippen LogP contribution in [-0.4, -0.2) is 53.1 Å². The number of hydrogen-bond acceptors (Lipinski definition) is 6. The lowest BCUT2D eigenvalue weighted by Crippen LogP contribution is -2.46. The predicted octanol–water partition coefficient (Wildman–Crippen LogP) is 0.350. The first-order chi connectivity index (χ1) is 9.76. The Morgan fingerprint density at radius 1 is 1.15 bits per heavy atom. The summed E-state index contributed by atoms with van der Waals surface area (Å²) in [6, 6.07) is 2.98. The molecule has 0 bridgehead atoms. The molecule has 1 atom stereocenters. The van der Waals surface area contributed by atoms with Crippen LogP contribution in [0.3, 0.4) is 0 Å². The van der Waals surface area contributed by atoms with Crippen LogP contribution in [-0.2, 0) is 0 Å². The molecule has 2 aliphatic rings. The second-order valence-electron chi connectivity index (χ2n) is 5.63. The number of nitrogens with zero attached hydrogens (tertiary/aromatic N) is 5. The summed E-state index contributed by atoms with van der Waals surface area (Å²) in [5, 5.41) is 8.74. The van der Waals surface area contributed by atoms with Crippen LogP contribution in [0.5, 0.6) is 0 Å². The lowest BCUT2D eigenvalue weighted by Gasteiger charge is -2.34. The van der Waals surface area contributed by atoms with Crippen molar-refractivity contribution in [2.45, 2.75) is 31.3 Å². The molecule has 0 radical (unpaired) electrons. The van der Waals surface area contributed by atoms with E-state index in [0.717, 1.165) is 51.3 Å². The number of hydrogen-bond donors (Lipinski definition) is 1. The number of piperidine rings is 1. The number of likely N-dealkylation sites (tertiary alicyclic amines) is 1. The maximum Gasteiger partial charge on any atom is 0.158 e. The van der Waals surface area contributed by atoms with Gasteiger partial charge in [-0.1, -0.05) is 0 Å². The average molecular weight is 272 g/mol. The normalized spacial score (nSPS) is 24.8. The zero-order chi connectivity index (χ0) is 13.9. The van der Waals surface area contributed by atoms with Gasteiger partial charge >= 0.3 is 0 Å². The minimum absolute atomic E-state index is 0.370. The van der Waals surface area contributed by atoms with E-state index in [9.17, 15) is 0 Å². The molecule has 1 aromatic heterocycles. The van der Waals surface area contributed by atoms with Crippen LogP contribution in [0.15, 0.2) is 12.4 Å². The lowest BCUT2D eigenvalue weighted by molar-refractivity contribution is 0.163. The molecule has 2 N–H and O–H groups in total. The summed E-state index contributed by atoms with van der Waals surface area (Å²) in [4.78, 5) is 13.2. The van der Waals surface area contributed by atoms with Crippen molar-refractivity contribution in [3.8, 4) is 6.07 Å². The minimum atomic E-state index is 0.370. The number of rotatable bonds is 2. The summed E-state index contributed by atoms with van der Waals surface area (Å²) in [6.45, 7) is 4.22. The molecule has 6 nitrogen and oxygen atoms in total. The molecule has 2 fully saturated rings. The Balaban J connectivity index is 1.60. The first-order valence-electron chi connectivity index (χ1n) is 7.23. The highest BCUT2D eigenvalue weighted by Crippen LogP contribution is 2.23. The average Bonchev–Trinajstić information content (AvgIpc) is 2.98. The highest BCUT2D eigenvalue weighted by molar-refractivity contribution is 5.39. The van der Waals surface area contributed by atoms with Crippen LogP contribution < -0.4 is 10.6 Å². The van der Waals surface area contributed by atoms with Crippen molar-refractivity contribution in [1.29, 1.82) is 5.26 Å². The molecule has 106 valence electrons. The Kier molecular flexibility index (Phi) is 3.81. The number of anilines is 1. The molecule has 2 saturated heterocycles. The Bertz CT molecular complexity index is 485. The quantitative estimate of drug-likeness (QED) is 0.836. The minimum Gasteiger partial charge on any atom is -0.354 e. The van der Waals surface area contributed by atoms with E-state index in [1.165, 1.54) is 0 Å². The summed E-state index contributed by atoms with van der Waals surface area (Å²) in [5.74, 6) is 0.875. The topological polar surface area (TPSA) is 82.1 Å². The fourth-order valence-corrected chi connectivity index (χ4v) is 3.07. The van der Waals surface area contributed by atoms with Gasteiger partial charge in [0.2, 0.25) is 0 Å². The van der Waals surface area contributed by atoms with Crippen molar-refractivity contribution in [2.24, 2.45) is 5.73 Å². The van der Waals surface area contributed by atoms with E-state index < -0.39 is 0 Å². The third kappa shape index (κ3) is 2.74. The fourth-order valence-electron chi connectivity index (χ4n) is 3.07. The highest BCUT2D eigenvalue weighted by Gasteiger charge is 2.30. The number of nitriles is 1. The molecule has 3 heterocycles. The molecular weight excluding hydrogens is 252 g/mol. The van der Waals surface area contributed by atoms with Crippen molar-refractivity contribution < 1.29 is 0 Å². The number of nitrogens with two attached hydrogens (primary N) is 1. The maximum absolute atomic E-state index is 8.74. The molecule has 0 saturated carbocycles. The third-order valence-corrected chi connectivity index (χ3v) is 4.33. The zero-order valence-electron chi connectivity index (χ0n) is 11.6. The molecular formula is C14H20N6.